The van der Waals surface area contributed by atoms with E-state index < -0.39 is 0 Å². The van der Waals surface area contributed by atoms with Crippen LogP contribution in [0.5, 0.6) is 0 Å². The van der Waals surface area contributed by atoms with Gasteiger partial charge in [0.15, 0.2) is 0 Å². The van der Waals surface area contributed by atoms with Crippen LogP contribution in [0.4, 0.5) is 0 Å². The second-order valence-corrected chi connectivity index (χ2v) is 3.30. The number of nitrogens with one attached hydrogen (secondary N) is 2. The van der Waals surface area contributed by atoms with Gasteiger partial charge in [0.05, 0.1) is 6.04 Å². The number of aromatic amines is 1. The first kappa shape index (κ1) is 10.3. The molecule has 2 aromatic rings. The van der Waals surface area contributed by atoms with Gasteiger partial charge in [-0.15, -0.1) is 0 Å². The Hall–Kier alpha value is -2.24. The lowest BCUT2D eigenvalue weighted by Crippen LogP contribution is -2.27. The van der Waals surface area contributed by atoms with Gasteiger partial charge in [-0.1, -0.05) is 0 Å². The summed E-state index contributed by atoms with van der Waals surface area (Å²) >= 11 is 0. The molecular weight excluding hydrogens is 206 g/mol. The van der Waals surface area contributed by atoms with Crippen molar-refractivity contribution in [2.75, 3.05) is 0 Å². The maximum Gasteiger partial charge on any atom is 0.251 e. The molecule has 2 N–H and O–H groups in total. The number of H-pyrrole nitrogens is 1. The third kappa shape index (κ3) is 2.22. The minimum Gasteiger partial charge on any atom is -0.342 e. The summed E-state index contributed by atoms with van der Waals surface area (Å²) < 4.78 is 0. The lowest BCUT2D eigenvalue weighted by atomic mass is 10.2. The average molecular weight is 217 g/mol. The number of hydrogen-bond donors (Lipinski definition) is 2. The molecule has 2 aromatic heterocycles. The minimum atomic E-state index is -0.205. The van der Waals surface area contributed by atoms with Gasteiger partial charge in [0.2, 0.25) is 0 Å². The van der Waals surface area contributed by atoms with Gasteiger partial charge in [-0.2, -0.15) is 5.10 Å². The monoisotopic (exact) mass is 217 g/mol. The van der Waals surface area contributed by atoms with Gasteiger partial charge < -0.3 is 5.32 Å². The van der Waals surface area contributed by atoms with Gasteiger partial charge in [0, 0.05) is 18.0 Å². The van der Waals surface area contributed by atoms with E-state index in [2.05, 4.69) is 25.5 Å². The van der Waals surface area contributed by atoms with Crippen LogP contribution in [0.3, 0.4) is 0 Å². The zero-order valence-electron chi connectivity index (χ0n) is 8.71. The Labute approximate surface area is 92.1 Å². The molecule has 2 rings (SSSR count). The summed E-state index contributed by atoms with van der Waals surface area (Å²) in [5, 5.41) is 9.23. The third-order valence-corrected chi connectivity index (χ3v) is 2.13. The number of carbonyl (C=O) groups is 1. The van der Waals surface area contributed by atoms with E-state index in [1.54, 1.807) is 24.5 Å². The highest BCUT2D eigenvalue weighted by Crippen LogP contribution is 2.06. The number of rotatable bonds is 3. The Kier molecular flexibility index (Phi) is 2.90. The lowest BCUT2D eigenvalue weighted by Gasteiger charge is -2.10. The van der Waals surface area contributed by atoms with E-state index in [4.69, 9.17) is 0 Å². The van der Waals surface area contributed by atoms with E-state index in [-0.39, 0.29) is 11.9 Å². The van der Waals surface area contributed by atoms with Crippen molar-refractivity contribution in [3.8, 4) is 0 Å². The normalized spacial score (nSPS) is 12.1. The predicted molar refractivity (Wildman–Crippen MR) is 56.5 cm³/mol. The molecule has 82 valence electrons. The second-order valence-electron chi connectivity index (χ2n) is 3.30. The van der Waals surface area contributed by atoms with Crippen LogP contribution in [0, 0.1) is 0 Å². The van der Waals surface area contributed by atoms with Crippen molar-refractivity contribution in [3.05, 3.63) is 42.2 Å². The SMILES string of the molecule is CC(NC(=O)c1ccncc1)c1ncn[nH]1. The topological polar surface area (TPSA) is 83.6 Å². The summed E-state index contributed by atoms with van der Waals surface area (Å²) in [6.07, 6.45) is 4.56. The quantitative estimate of drug-likeness (QED) is 0.792. The smallest absolute Gasteiger partial charge is 0.251 e. The second kappa shape index (κ2) is 4.52. The van der Waals surface area contributed by atoms with E-state index in [0.717, 1.165) is 0 Å². The van der Waals surface area contributed by atoms with Gasteiger partial charge >= 0.3 is 0 Å². The summed E-state index contributed by atoms with van der Waals surface area (Å²) in [6.45, 7) is 1.83. The molecule has 1 amide bonds. The zero-order valence-corrected chi connectivity index (χ0v) is 8.71. The van der Waals surface area contributed by atoms with Gasteiger partial charge in [-0.05, 0) is 19.1 Å². The number of carbonyl (C=O) groups excluding carboxylic acids is 1. The molecule has 6 heteroatoms. The number of pyridine rings is 1. The molecular formula is C10H11N5O. The van der Waals surface area contributed by atoms with Gasteiger partial charge in [-0.3, -0.25) is 14.9 Å². The van der Waals surface area contributed by atoms with Crippen LogP contribution in [-0.2, 0) is 0 Å². The highest BCUT2D eigenvalue weighted by molar-refractivity contribution is 5.94. The highest BCUT2D eigenvalue weighted by atomic mass is 16.1. The van der Waals surface area contributed by atoms with Crippen LogP contribution < -0.4 is 5.32 Å². The molecule has 0 aromatic carbocycles. The number of hydrogen-bond acceptors (Lipinski definition) is 4. The first-order valence-corrected chi connectivity index (χ1v) is 4.83. The largest absolute Gasteiger partial charge is 0.342 e. The number of nitrogens with zero attached hydrogens (tertiary/aromatic N) is 3. The van der Waals surface area contributed by atoms with Gasteiger partial charge in [-0.25, -0.2) is 4.98 Å². The highest BCUT2D eigenvalue weighted by Gasteiger charge is 2.12. The fourth-order valence-electron chi connectivity index (χ4n) is 1.28. The van der Waals surface area contributed by atoms with Crippen LogP contribution in [0.1, 0.15) is 29.1 Å². The summed E-state index contributed by atoms with van der Waals surface area (Å²) in [6, 6.07) is 3.10. The first-order valence-electron chi connectivity index (χ1n) is 4.83. The number of amides is 1. The molecule has 0 fully saturated rings. The Morgan fingerprint density at radius 2 is 2.19 bits per heavy atom. The fourth-order valence-corrected chi connectivity index (χ4v) is 1.28. The molecule has 2 heterocycles. The molecule has 0 bridgehead atoms. The molecule has 6 nitrogen and oxygen atoms in total. The van der Waals surface area contributed by atoms with E-state index >= 15 is 0 Å². The van der Waals surface area contributed by atoms with Crippen molar-refractivity contribution in [1.29, 1.82) is 0 Å². The molecule has 0 radical (unpaired) electrons. The average Bonchev–Trinajstić information content (AvgIpc) is 2.83. The summed E-state index contributed by atoms with van der Waals surface area (Å²) in [5.74, 6) is 0.466. The summed E-state index contributed by atoms with van der Waals surface area (Å²) in [5.41, 5.74) is 0.571. The molecule has 1 unspecified atom stereocenters. The lowest BCUT2D eigenvalue weighted by molar-refractivity contribution is 0.0938. The predicted octanol–water partition coefficient (Wildman–Crippen LogP) is 0.691. The van der Waals surface area contributed by atoms with Gasteiger partial charge in [0.1, 0.15) is 12.2 Å². The molecule has 0 saturated heterocycles. The van der Waals surface area contributed by atoms with E-state index in [1.807, 2.05) is 6.92 Å². The van der Waals surface area contributed by atoms with Crippen LogP contribution in [0.25, 0.3) is 0 Å². The number of aromatic nitrogens is 4. The summed E-state index contributed by atoms with van der Waals surface area (Å²) in [7, 11) is 0. The molecule has 16 heavy (non-hydrogen) atoms. The molecule has 1 atom stereocenters. The minimum absolute atomic E-state index is 0.161. The first-order chi connectivity index (χ1) is 7.77. The third-order valence-electron chi connectivity index (χ3n) is 2.13. The fraction of sp³-hybridized carbons (Fsp3) is 0.200. The maximum atomic E-state index is 11.7. The molecule has 0 spiro atoms. The summed E-state index contributed by atoms with van der Waals surface area (Å²) in [4.78, 5) is 19.6. The molecule has 0 saturated carbocycles. The molecule has 0 aliphatic heterocycles. The van der Waals surface area contributed by atoms with Crippen molar-refractivity contribution in [2.45, 2.75) is 13.0 Å². The van der Waals surface area contributed by atoms with E-state index in [1.165, 1.54) is 6.33 Å². The van der Waals surface area contributed by atoms with Gasteiger partial charge in [0.25, 0.3) is 5.91 Å². The molecule has 0 aliphatic rings. The Bertz CT molecular complexity index is 453. The van der Waals surface area contributed by atoms with Crippen LogP contribution in [0.15, 0.2) is 30.9 Å². The van der Waals surface area contributed by atoms with Crippen molar-refractivity contribution < 1.29 is 4.79 Å². The zero-order chi connectivity index (χ0) is 11.4. The van der Waals surface area contributed by atoms with Crippen molar-refractivity contribution >= 4 is 5.91 Å². The van der Waals surface area contributed by atoms with Crippen molar-refractivity contribution in [1.82, 2.24) is 25.5 Å². The van der Waals surface area contributed by atoms with Crippen LogP contribution >= 0.6 is 0 Å². The Morgan fingerprint density at radius 1 is 1.44 bits per heavy atom. The van der Waals surface area contributed by atoms with Crippen molar-refractivity contribution in [3.63, 3.8) is 0 Å². The van der Waals surface area contributed by atoms with Crippen molar-refractivity contribution in [2.24, 2.45) is 0 Å². The van der Waals surface area contributed by atoms with Crippen LogP contribution in [-0.4, -0.2) is 26.1 Å². The Morgan fingerprint density at radius 3 is 2.81 bits per heavy atom. The Balaban J connectivity index is 2.03. The van der Waals surface area contributed by atoms with E-state index in [9.17, 15) is 4.79 Å². The molecule has 0 aliphatic carbocycles. The van der Waals surface area contributed by atoms with Crippen LogP contribution in [0.2, 0.25) is 0 Å². The van der Waals surface area contributed by atoms with E-state index in [0.29, 0.717) is 11.4 Å². The maximum absolute atomic E-state index is 11.7. The standard InChI is InChI=1S/C10H11N5O/c1-7(9-12-6-13-15-9)14-10(16)8-2-4-11-5-3-8/h2-7H,1H3,(H,14,16)(H,12,13,15).